The molecule has 31 heavy (non-hydrogen) atoms. The molecule has 1 saturated heterocycles. The van der Waals surface area contributed by atoms with Gasteiger partial charge in [0.25, 0.3) is 17.1 Å². The zero-order valence-electron chi connectivity index (χ0n) is 17.7. The van der Waals surface area contributed by atoms with Gasteiger partial charge in [-0.1, -0.05) is 43.7 Å². The maximum Gasteiger partial charge on any atom is 0.291 e. The molecule has 0 aromatic heterocycles. The normalized spacial score (nSPS) is 18.6. The number of benzene rings is 2. The van der Waals surface area contributed by atoms with Crippen molar-refractivity contribution in [3.63, 3.8) is 0 Å². The molecular weight excluding hydrogens is 416 g/mol. The van der Waals surface area contributed by atoms with Gasteiger partial charge in [0.2, 0.25) is 0 Å². The van der Waals surface area contributed by atoms with Crippen LogP contribution in [0.5, 0.6) is 5.75 Å². The molecule has 0 radical (unpaired) electrons. The van der Waals surface area contributed by atoms with E-state index >= 15 is 0 Å². The van der Waals surface area contributed by atoms with E-state index in [2.05, 4.69) is 0 Å². The van der Waals surface area contributed by atoms with Crippen molar-refractivity contribution in [3.05, 3.63) is 59.2 Å². The first kappa shape index (κ1) is 21.4. The van der Waals surface area contributed by atoms with E-state index in [0.717, 1.165) is 17.3 Å². The van der Waals surface area contributed by atoms with Crippen molar-refractivity contribution in [2.75, 3.05) is 18.2 Å². The molecule has 2 heterocycles. The molecule has 2 aromatic rings. The van der Waals surface area contributed by atoms with Gasteiger partial charge in [-0.25, -0.2) is 0 Å². The molecule has 4 rings (SSSR count). The van der Waals surface area contributed by atoms with Crippen molar-refractivity contribution >= 4 is 34.5 Å². The molecule has 3 amide bonds. The zero-order valence-corrected chi connectivity index (χ0v) is 18.5. The van der Waals surface area contributed by atoms with Crippen molar-refractivity contribution < 1.29 is 23.9 Å². The predicted molar refractivity (Wildman–Crippen MR) is 118 cm³/mol. The standard InChI is InChI=1S/C23H24N2O5S/c1-14(2)12-29-22-21(27)24(23(28)31-22)11-16-6-4-5-7-18(16)25-13-30-19-9-8-15(3)10-17(19)20(25)26/h4-10,14,22H,11-13H2,1-3H3. The average molecular weight is 441 g/mol. The van der Waals surface area contributed by atoms with E-state index in [-0.39, 0.29) is 36.2 Å². The SMILES string of the molecule is Cc1ccc2c(c1)C(=O)N(c1ccccc1CN1C(=O)SC(OCC(C)C)C1=O)CO2. The van der Waals surface area contributed by atoms with Crippen LogP contribution >= 0.6 is 11.8 Å². The summed E-state index contributed by atoms with van der Waals surface area (Å²) in [4.78, 5) is 41.1. The summed E-state index contributed by atoms with van der Waals surface area (Å²) >= 11 is 0.887. The number of anilines is 1. The molecule has 0 saturated carbocycles. The van der Waals surface area contributed by atoms with Crippen molar-refractivity contribution in [1.82, 2.24) is 4.90 Å². The van der Waals surface area contributed by atoms with E-state index in [4.69, 9.17) is 9.47 Å². The van der Waals surface area contributed by atoms with Crippen LogP contribution in [0, 0.1) is 12.8 Å². The van der Waals surface area contributed by atoms with Gasteiger partial charge in [-0.2, -0.15) is 0 Å². The van der Waals surface area contributed by atoms with E-state index in [1.807, 2.05) is 45.0 Å². The topological polar surface area (TPSA) is 76.2 Å². The maximum absolute atomic E-state index is 13.2. The number of thioether (sulfide) groups is 1. The number of ether oxygens (including phenoxy) is 2. The Balaban J connectivity index is 1.57. The third-order valence-corrected chi connectivity index (χ3v) is 6.02. The summed E-state index contributed by atoms with van der Waals surface area (Å²) < 4.78 is 11.4. The van der Waals surface area contributed by atoms with Crippen molar-refractivity contribution in [1.29, 1.82) is 0 Å². The number of carbonyl (C=O) groups is 3. The van der Waals surface area contributed by atoms with E-state index < -0.39 is 5.44 Å². The smallest absolute Gasteiger partial charge is 0.291 e. The van der Waals surface area contributed by atoms with Crippen LogP contribution in [0.3, 0.4) is 0 Å². The van der Waals surface area contributed by atoms with E-state index in [1.165, 1.54) is 9.80 Å². The van der Waals surface area contributed by atoms with Gasteiger partial charge in [0.1, 0.15) is 5.75 Å². The van der Waals surface area contributed by atoms with Crippen LogP contribution in [0.25, 0.3) is 0 Å². The molecule has 162 valence electrons. The number of para-hydroxylation sites is 1. The fourth-order valence-corrected chi connectivity index (χ4v) is 4.32. The Morgan fingerprint density at radius 3 is 2.71 bits per heavy atom. The number of fused-ring (bicyclic) bond motifs is 1. The fraction of sp³-hybridized carbons (Fsp3) is 0.348. The van der Waals surface area contributed by atoms with E-state index in [1.54, 1.807) is 18.2 Å². The fourth-order valence-electron chi connectivity index (χ4n) is 3.48. The van der Waals surface area contributed by atoms with Gasteiger partial charge < -0.3 is 9.47 Å². The number of rotatable bonds is 6. The third kappa shape index (κ3) is 4.31. The molecule has 2 aliphatic rings. The second-order valence-corrected chi connectivity index (χ2v) is 9.02. The molecule has 1 fully saturated rings. The highest BCUT2D eigenvalue weighted by Crippen LogP contribution is 2.34. The number of hydrogen-bond acceptors (Lipinski definition) is 6. The lowest BCUT2D eigenvalue weighted by atomic mass is 10.1. The monoisotopic (exact) mass is 440 g/mol. The summed E-state index contributed by atoms with van der Waals surface area (Å²) in [5, 5.41) is -0.351. The van der Waals surface area contributed by atoms with Crippen LogP contribution in [0.2, 0.25) is 0 Å². The van der Waals surface area contributed by atoms with Crippen LogP contribution in [0.1, 0.15) is 35.3 Å². The second kappa shape index (κ2) is 8.72. The molecule has 1 unspecified atom stereocenters. The molecule has 0 spiro atoms. The first-order chi connectivity index (χ1) is 14.8. The molecule has 7 nitrogen and oxygen atoms in total. The third-order valence-electron chi connectivity index (χ3n) is 5.05. The Labute approximate surface area is 185 Å². The number of hydrogen-bond donors (Lipinski definition) is 0. The number of amides is 3. The van der Waals surface area contributed by atoms with Crippen LogP contribution < -0.4 is 9.64 Å². The van der Waals surface area contributed by atoms with Crippen molar-refractivity contribution in [3.8, 4) is 5.75 Å². The van der Waals surface area contributed by atoms with Crippen molar-refractivity contribution in [2.24, 2.45) is 5.92 Å². The van der Waals surface area contributed by atoms with Gasteiger partial charge in [-0.15, -0.1) is 0 Å². The van der Waals surface area contributed by atoms with Gasteiger partial charge in [0.05, 0.1) is 24.4 Å². The Kier molecular flexibility index (Phi) is 6.02. The first-order valence-electron chi connectivity index (χ1n) is 10.1. The quantitative estimate of drug-likeness (QED) is 0.671. The summed E-state index contributed by atoms with van der Waals surface area (Å²) in [6, 6.07) is 12.7. The number of imide groups is 1. The minimum atomic E-state index is -0.822. The summed E-state index contributed by atoms with van der Waals surface area (Å²) in [6.07, 6.45) is 0. The summed E-state index contributed by atoms with van der Waals surface area (Å²) in [5.74, 6) is 0.266. The Morgan fingerprint density at radius 1 is 1.16 bits per heavy atom. The molecule has 2 aliphatic heterocycles. The largest absolute Gasteiger partial charge is 0.472 e. The highest BCUT2D eigenvalue weighted by Gasteiger charge is 2.41. The summed E-state index contributed by atoms with van der Waals surface area (Å²) in [7, 11) is 0. The highest BCUT2D eigenvalue weighted by molar-refractivity contribution is 8.15. The molecule has 1 atom stereocenters. The lowest BCUT2D eigenvalue weighted by Crippen LogP contribution is -2.40. The van der Waals surface area contributed by atoms with Crippen LogP contribution in [0.4, 0.5) is 10.5 Å². The minimum Gasteiger partial charge on any atom is -0.472 e. The van der Waals surface area contributed by atoms with Gasteiger partial charge in [0, 0.05) is 0 Å². The van der Waals surface area contributed by atoms with Crippen molar-refractivity contribution in [2.45, 2.75) is 32.8 Å². The summed E-state index contributed by atoms with van der Waals surface area (Å²) in [6.45, 7) is 6.41. The molecule has 8 heteroatoms. The lowest BCUT2D eigenvalue weighted by molar-refractivity contribution is -0.134. The van der Waals surface area contributed by atoms with E-state index in [9.17, 15) is 14.4 Å². The van der Waals surface area contributed by atoms with Gasteiger partial charge >= 0.3 is 0 Å². The van der Waals surface area contributed by atoms with Crippen LogP contribution in [-0.4, -0.2) is 40.7 Å². The molecule has 0 aliphatic carbocycles. The Bertz CT molecular complexity index is 1040. The second-order valence-electron chi connectivity index (χ2n) is 8.00. The maximum atomic E-state index is 13.2. The number of nitrogens with zero attached hydrogens (tertiary/aromatic N) is 2. The molecule has 2 aromatic carbocycles. The molecular formula is C23H24N2O5S. The zero-order chi connectivity index (χ0) is 22.1. The molecule has 0 N–H and O–H groups in total. The van der Waals surface area contributed by atoms with Crippen LogP contribution in [-0.2, 0) is 16.1 Å². The van der Waals surface area contributed by atoms with Crippen LogP contribution in [0.15, 0.2) is 42.5 Å². The van der Waals surface area contributed by atoms with Gasteiger partial charge in [-0.3, -0.25) is 24.2 Å². The number of aryl methyl sites for hydroxylation is 1. The first-order valence-corrected chi connectivity index (χ1v) is 11.0. The van der Waals surface area contributed by atoms with Gasteiger partial charge in [0.15, 0.2) is 12.2 Å². The number of carbonyl (C=O) groups excluding carboxylic acids is 3. The van der Waals surface area contributed by atoms with Gasteiger partial charge in [-0.05, 0) is 48.4 Å². The lowest BCUT2D eigenvalue weighted by Gasteiger charge is -2.31. The average Bonchev–Trinajstić information content (AvgIpc) is 3.01. The van der Waals surface area contributed by atoms with E-state index in [0.29, 0.717) is 29.2 Å². The Morgan fingerprint density at radius 2 is 1.94 bits per heavy atom. The highest BCUT2D eigenvalue weighted by atomic mass is 32.2. The minimum absolute atomic E-state index is 0.0582. The summed E-state index contributed by atoms with van der Waals surface area (Å²) in [5.41, 5.74) is 1.92. The predicted octanol–water partition coefficient (Wildman–Crippen LogP) is 4.19. The Hall–Kier alpha value is -2.84. The molecule has 0 bridgehead atoms.